The van der Waals surface area contributed by atoms with Gasteiger partial charge in [-0.15, -0.1) is 5.10 Å². The van der Waals surface area contributed by atoms with Gasteiger partial charge in [-0.05, 0) is 90.3 Å². The molecule has 1 atom stereocenters. The second-order valence-corrected chi connectivity index (χ2v) is 10.1. The monoisotopic (exact) mass is 568 g/mol. The molecule has 0 fully saturated rings. The Bertz CT molecular complexity index is 1390. The Kier molecular flexibility index (Phi) is 7.13. The predicted octanol–water partition coefficient (Wildman–Crippen LogP) is 6.15. The number of alkyl halides is 6. The number of tetrazole rings is 1. The molecule has 0 saturated carbocycles. The third kappa shape index (κ3) is 5.56. The number of halogens is 6. The topological polar surface area (TPSA) is 87.4 Å². The Morgan fingerprint density at radius 3 is 2.15 bits per heavy atom. The van der Waals surface area contributed by atoms with Gasteiger partial charge in [0.15, 0.2) is 0 Å². The average Bonchev–Trinajstić information content (AvgIpc) is 3.22. The van der Waals surface area contributed by atoms with Crippen molar-refractivity contribution >= 4 is 17.7 Å². The van der Waals surface area contributed by atoms with Crippen LogP contribution in [0.25, 0.3) is 0 Å². The lowest BCUT2D eigenvalue weighted by molar-refractivity contribution is -0.143. The maximum atomic E-state index is 13.6. The molecule has 1 aromatic heterocycles. The molecule has 1 N–H and O–H groups in total. The molecule has 214 valence electrons. The Morgan fingerprint density at radius 2 is 1.60 bits per heavy atom. The molecule has 1 aliphatic heterocycles. The van der Waals surface area contributed by atoms with Crippen molar-refractivity contribution in [3.63, 3.8) is 0 Å². The minimum atomic E-state index is -5.00. The van der Waals surface area contributed by atoms with Crippen molar-refractivity contribution in [3.8, 4) is 0 Å². The average molecular weight is 569 g/mol. The van der Waals surface area contributed by atoms with Crippen LogP contribution in [0.5, 0.6) is 0 Å². The largest absolute Gasteiger partial charge is 0.465 e. The third-order valence-electron chi connectivity index (χ3n) is 7.36. The number of benzene rings is 2. The summed E-state index contributed by atoms with van der Waals surface area (Å²) in [5, 5.41) is 22.0. The molecule has 0 radical (unpaired) electrons. The van der Waals surface area contributed by atoms with Crippen molar-refractivity contribution in [2.45, 2.75) is 63.5 Å². The highest BCUT2D eigenvalue weighted by Crippen LogP contribution is 2.43. The maximum absolute atomic E-state index is 13.6. The molecule has 2 aromatic carbocycles. The summed E-state index contributed by atoms with van der Waals surface area (Å²) in [5.74, 6) is 0.00548. The summed E-state index contributed by atoms with van der Waals surface area (Å²) in [7, 11) is 1.49. The standard InChI is InChI=1S/C26H26F6N6O2/c1-36-34-23(33-35-36)38(14-15-9-18(25(27,28)29)13-19(10-15)26(30,31)32)21-7-4-8-37(24(39)40)22-12-17-6-3-2-5-16(17)11-20(21)22/h9-13,21H,2-8,14H2,1H3,(H,39,40). The quantitative estimate of drug-likeness (QED) is 0.380. The number of carboxylic acid groups (broad SMARTS) is 1. The van der Waals surface area contributed by atoms with E-state index in [0.717, 1.165) is 41.6 Å². The first kappa shape index (κ1) is 27.7. The SMILES string of the molecule is Cn1nnc(N(Cc2cc(C(F)(F)F)cc(C(F)(F)F)c2)C2CCCN(C(=O)O)c3cc4c(cc32)CCCC4)n1. The van der Waals surface area contributed by atoms with Crippen LogP contribution in [0.4, 0.5) is 42.8 Å². The Labute approximate surface area is 225 Å². The lowest BCUT2D eigenvalue weighted by atomic mass is 9.87. The second-order valence-electron chi connectivity index (χ2n) is 10.1. The Balaban J connectivity index is 1.66. The van der Waals surface area contributed by atoms with Crippen molar-refractivity contribution in [3.05, 3.63) is 63.7 Å². The van der Waals surface area contributed by atoms with Gasteiger partial charge in [-0.1, -0.05) is 11.2 Å². The van der Waals surface area contributed by atoms with E-state index in [-0.39, 0.29) is 24.1 Å². The van der Waals surface area contributed by atoms with E-state index in [1.165, 1.54) is 16.8 Å². The van der Waals surface area contributed by atoms with Gasteiger partial charge in [0.25, 0.3) is 5.95 Å². The van der Waals surface area contributed by atoms with Crippen molar-refractivity contribution in [2.75, 3.05) is 16.3 Å². The highest BCUT2D eigenvalue weighted by molar-refractivity contribution is 5.88. The molecule has 0 bridgehead atoms. The Hall–Kier alpha value is -3.84. The highest BCUT2D eigenvalue weighted by atomic mass is 19.4. The number of fused-ring (bicyclic) bond motifs is 2. The van der Waals surface area contributed by atoms with Gasteiger partial charge in [0, 0.05) is 13.1 Å². The number of carbonyl (C=O) groups is 1. The molecule has 5 rings (SSSR count). The van der Waals surface area contributed by atoms with Crippen molar-refractivity contribution in [1.82, 2.24) is 20.2 Å². The predicted molar refractivity (Wildman–Crippen MR) is 132 cm³/mol. The molecule has 3 aromatic rings. The van der Waals surface area contributed by atoms with Crippen LogP contribution in [-0.4, -0.2) is 38.0 Å². The van der Waals surface area contributed by atoms with E-state index in [1.807, 2.05) is 12.1 Å². The van der Waals surface area contributed by atoms with E-state index in [9.17, 15) is 36.2 Å². The maximum Gasteiger partial charge on any atom is 0.416 e. The van der Waals surface area contributed by atoms with E-state index in [4.69, 9.17) is 0 Å². The Morgan fingerprint density at radius 1 is 0.975 bits per heavy atom. The van der Waals surface area contributed by atoms with E-state index in [2.05, 4.69) is 15.4 Å². The number of rotatable bonds is 4. The zero-order chi connectivity index (χ0) is 28.8. The van der Waals surface area contributed by atoms with Crippen LogP contribution in [0.3, 0.4) is 0 Å². The number of aromatic nitrogens is 4. The molecule has 0 spiro atoms. The highest BCUT2D eigenvalue weighted by Gasteiger charge is 2.38. The van der Waals surface area contributed by atoms with E-state index < -0.39 is 42.2 Å². The number of aryl methyl sites for hydroxylation is 3. The molecule has 1 unspecified atom stereocenters. The summed E-state index contributed by atoms with van der Waals surface area (Å²) < 4.78 is 81.6. The normalized spacial score (nSPS) is 17.7. The van der Waals surface area contributed by atoms with Gasteiger partial charge < -0.3 is 10.0 Å². The lowest BCUT2D eigenvalue weighted by Gasteiger charge is -2.33. The number of hydrogen-bond donors (Lipinski definition) is 1. The summed E-state index contributed by atoms with van der Waals surface area (Å²) in [6.45, 7) is -0.214. The number of nitrogens with zero attached hydrogens (tertiary/aromatic N) is 6. The zero-order valence-electron chi connectivity index (χ0n) is 21.4. The first-order chi connectivity index (χ1) is 18.8. The van der Waals surface area contributed by atoms with E-state index >= 15 is 0 Å². The first-order valence-corrected chi connectivity index (χ1v) is 12.8. The van der Waals surface area contributed by atoms with Crippen LogP contribution in [0.2, 0.25) is 0 Å². The van der Waals surface area contributed by atoms with Gasteiger partial charge in [-0.25, -0.2) is 4.79 Å². The fourth-order valence-corrected chi connectivity index (χ4v) is 5.55. The van der Waals surface area contributed by atoms with Crippen molar-refractivity contribution in [2.24, 2.45) is 7.05 Å². The number of anilines is 2. The summed E-state index contributed by atoms with van der Waals surface area (Å²) in [6.07, 6.45) is -6.89. The van der Waals surface area contributed by atoms with Gasteiger partial charge in [0.1, 0.15) is 0 Å². The lowest BCUT2D eigenvalue weighted by Crippen LogP contribution is -2.32. The molecule has 1 amide bonds. The molecule has 1 aliphatic carbocycles. The van der Waals surface area contributed by atoms with Crippen molar-refractivity contribution < 1.29 is 36.2 Å². The fraction of sp³-hybridized carbons (Fsp3) is 0.462. The van der Waals surface area contributed by atoms with Crippen LogP contribution in [0, 0.1) is 0 Å². The zero-order valence-corrected chi connectivity index (χ0v) is 21.4. The number of amides is 1. The van der Waals surface area contributed by atoms with Crippen LogP contribution in [0.1, 0.15) is 65.1 Å². The summed E-state index contributed by atoms with van der Waals surface area (Å²) in [6, 6.07) is 4.60. The third-order valence-corrected chi connectivity index (χ3v) is 7.36. The fourth-order valence-electron chi connectivity index (χ4n) is 5.55. The smallest absolute Gasteiger partial charge is 0.416 e. The van der Waals surface area contributed by atoms with E-state index in [0.29, 0.717) is 36.2 Å². The number of hydrogen-bond acceptors (Lipinski definition) is 5. The van der Waals surface area contributed by atoms with E-state index in [1.54, 1.807) is 0 Å². The summed E-state index contributed by atoms with van der Waals surface area (Å²) in [5.41, 5.74) is 0.0593. The van der Waals surface area contributed by atoms with Crippen molar-refractivity contribution in [1.29, 1.82) is 0 Å². The molecule has 0 saturated heterocycles. The minimum absolute atomic E-state index is 0.00548. The molecule has 2 heterocycles. The first-order valence-electron chi connectivity index (χ1n) is 12.8. The van der Waals surface area contributed by atoms with Gasteiger partial charge in [0.05, 0.1) is 29.9 Å². The summed E-state index contributed by atoms with van der Waals surface area (Å²) in [4.78, 5) is 16.1. The van der Waals surface area contributed by atoms with Crippen LogP contribution < -0.4 is 9.80 Å². The summed E-state index contributed by atoms with van der Waals surface area (Å²) >= 11 is 0. The van der Waals surface area contributed by atoms with Gasteiger partial charge >= 0.3 is 18.4 Å². The van der Waals surface area contributed by atoms with Gasteiger partial charge in [-0.3, -0.25) is 4.90 Å². The molecule has 8 nitrogen and oxygen atoms in total. The molecule has 2 aliphatic rings. The molecular weight excluding hydrogens is 542 g/mol. The minimum Gasteiger partial charge on any atom is -0.465 e. The molecule has 40 heavy (non-hydrogen) atoms. The van der Waals surface area contributed by atoms with Gasteiger partial charge in [-0.2, -0.15) is 31.1 Å². The van der Waals surface area contributed by atoms with Gasteiger partial charge in [0.2, 0.25) is 0 Å². The molecule has 14 heteroatoms. The van der Waals surface area contributed by atoms with Crippen LogP contribution in [0.15, 0.2) is 30.3 Å². The second kappa shape index (κ2) is 10.3. The van der Waals surface area contributed by atoms with Crippen LogP contribution in [-0.2, 0) is 38.8 Å². The van der Waals surface area contributed by atoms with Crippen LogP contribution >= 0.6 is 0 Å². The molecular formula is C26H26F6N6O2.